The lowest BCUT2D eigenvalue weighted by atomic mass is 10.1. The number of hydrogen-bond donors (Lipinski definition) is 3. The van der Waals surface area contributed by atoms with Crippen LogP contribution in [-0.4, -0.2) is 23.9 Å². The first-order valence-electron chi connectivity index (χ1n) is 9.09. The number of anilines is 2. The fraction of sp³-hybridized carbons (Fsp3) is 0. The Morgan fingerprint density at radius 3 is 2.31 bits per heavy atom. The number of halogens is 3. The van der Waals surface area contributed by atoms with Crippen LogP contribution in [0.15, 0.2) is 76.3 Å². The van der Waals surface area contributed by atoms with Crippen molar-refractivity contribution >= 4 is 74.4 Å². The standard InChI is InChI=1S/C22H15BrCl2N4O3/c23-14-6-9-16(10-7-14)27-20(30)17-3-1-2-4-19(17)28-21(31)22(32)29-26-12-13-5-8-15(24)11-18(13)25/h1-12H,(H,27,30)(H,28,31)(H,29,32)/b26-12-. The first-order chi connectivity index (χ1) is 15.3. The van der Waals surface area contributed by atoms with Gasteiger partial charge < -0.3 is 10.6 Å². The summed E-state index contributed by atoms with van der Waals surface area (Å²) in [6.45, 7) is 0. The van der Waals surface area contributed by atoms with E-state index in [1.807, 2.05) is 0 Å². The van der Waals surface area contributed by atoms with Crippen LogP contribution >= 0.6 is 39.1 Å². The summed E-state index contributed by atoms with van der Waals surface area (Å²) in [5, 5.41) is 9.66. The second-order valence-electron chi connectivity index (χ2n) is 6.33. The lowest BCUT2D eigenvalue weighted by Crippen LogP contribution is -2.33. The highest BCUT2D eigenvalue weighted by molar-refractivity contribution is 9.10. The number of hydrogen-bond acceptors (Lipinski definition) is 4. The molecule has 0 aliphatic heterocycles. The van der Waals surface area contributed by atoms with Crippen LogP contribution in [0.4, 0.5) is 11.4 Å². The molecule has 0 bridgehead atoms. The normalized spacial score (nSPS) is 10.6. The van der Waals surface area contributed by atoms with Gasteiger partial charge >= 0.3 is 11.8 Å². The highest BCUT2D eigenvalue weighted by Crippen LogP contribution is 2.20. The van der Waals surface area contributed by atoms with Gasteiger partial charge in [0.25, 0.3) is 5.91 Å². The topological polar surface area (TPSA) is 99.7 Å². The molecule has 32 heavy (non-hydrogen) atoms. The van der Waals surface area contributed by atoms with Gasteiger partial charge in [-0.3, -0.25) is 14.4 Å². The largest absolute Gasteiger partial charge is 0.329 e. The van der Waals surface area contributed by atoms with Crippen molar-refractivity contribution in [1.29, 1.82) is 0 Å². The number of rotatable bonds is 5. The molecule has 3 aromatic rings. The van der Waals surface area contributed by atoms with Crippen molar-refractivity contribution in [3.8, 4) is 0 Å². The number of carbonyl (C=O) groups is 3. The van der Waals surface area contributed by atoms with Gasteiger partial charge in [0.2, 0.25) is 0 Å². The third kappa shape index (κ3) is 6.40. The molecule has 0 aromatic heterocycles. The van der Waals surface area contributed by atoms with Crippen molar-refractivity contribution in [1.82, 2.24) is 5.43 Å². The van der Waals surface area contributed by atoms with E-state index < -0.39 is 17.7 Å². The van der Waals surface area contributed by atoms with Gasteiger partial charge in [0.15, 0.2) is 0 Å². The number of hydrazone groups is 1. The number of carbonyl (C=O) groups excluding carboxylic acids is 3. The predicted octanol–water partition coefficient (Wildman–Crippen LogP) is 5.10. The smallest absolute Gasteiger partial charge is 0.322 e. The molecular formula is C22H15BrCl2N4O3. The SMILES string of the molecule is O=C(N/N=C\c1ccc(Cl)cc1Cl)C(=O)Nc1ccccc1C(=O)Nc1ccc(Br)cc1. The third-order valence-electron chi connectivity index (χ3n) is 4.06. The first-order valence-corrected chi connectivity index (χ1v) is 10.6. The molecule has 3 aromatic carbocycles. The number of para-hydroxylation sites is 1. The zero-order valence-electron chi connectivity index (χ0n) is 16.2. The third-order valence-corrected chi connectivity index (χ3v) is 5.15. The molecule has 3 rings (SSSR count). The molecule has 0 fully saturated rings. The molecule has 10 heteroatoms. The summed E-state index contributed by atoms with van der Waals surface area (Å²) in [7, 11) is 0. The van der Waals surface area contributed by atoms with Crippen molar-refractivity contribution in [2.45, 2.75) is 0 Å². The van der Waals surface area contributed by atoms with Gasteiger partial charge in [-0.25, -0.2) is 5.43 Å². The van der Waals surface area contributed by atoms with Crippen LogP contribution < -0.4 is 16.1 Å². The van der Waals surface area contributed by atoms with E-state index in [0.29, 0.717) is 21.3 Å². The number of benzene rings is 3. The molecule has 3 amide bonds. The molecular weight excluding hydrogens is 519 g/mol. The molecule has 0 aliphatic carbocycles. The number of nitrogens with zero attached hydrogens (tertiary/aromatic N) is 1. The van der Waals surface area contributed by atoms with Crippen LogP contribution in [0.25, 0.3) is 0 Å². The monoisotopic (exact) mass is 532 g/mol. The molecule has 0 heterocycles. The quantitative estimate of drug-likeness (QED) is 0.242. The molecule has 0 atom stereocenters. The van der Waals surface area contributed by atoms with Crippen molar-refractivity contribution < 1.29 is 14.4 Å². The minimum atomic E-state index is -1.02. The van der Waals surface area contributed by atoms with Crippen LogP contribution in [0, 0.1) is 0 Å². The Labute approximate surface area is 201 Å². The molecule has 7 nitrogen and oxygen atoms in total. The summed E-state index contributed by atoms with van der Waals surface area (Å²) in [5.74, 6) is -2.46. The molecule has 0 radical (unpaired) electrons. The van der Waals surface area contributed by atoms with E-state index in [1.54, 1.807) is 48.5 Å². The Morgan fingerprint density at radius 2 is 1.59 bits per heavy atom. The second kappa shape index (κ2) is 10.9. The number of nitrogens with one attached hydrogen (secondary N) is 3. The zero-order chi connectivity index (χ0) is 23.1. The molecule has 0 spiro atoms. The maximum Gasteiger partial charge on any atom is 0.329 e. The van der Waals surface area contributed by atoms with Crippen molar-refractivity contribution in [3.63, 3.8) is 0 Å². The summed E-state index contributed by atoms with van der Waals surface area (Å²) in [4.78, 5) is 37.0. The van der Waals surface area contributed by atoms with Gasteiger partial charge in [0, 0.05) is 20.7 Å². The van der Waals surface area contributed by atoms with Gasteiger partial charge in [-0.15, -0.1) is 0 Å². The highest BCUT2D eigenvalue weighted by Gasteiger charge is 2.17. The summed E-state index contributed by atoms with van der Waals surface area (Å²) in [6, 6.07) is 18.1. The lowest BCUT2D eigenvalue weighted by Gasteiger charge is -2.11. The highest BCUT2D eigenvalue weighted by atomic mass is 79.9. The van der Waals surface area contributed by atoms with E-state index in [9.17, 15) is 14.4 Å². The average Bonchev–Trinajstić information content (AvgIpc) is 2.77. The minimum Gasteiger partial charge on any atom is -0.322 e. The molecule has 0 saturated heterocycles. The van der Waals surface area contributed by atoms with Crippen molar-refractivity contribution in [2.24, 2.45) is 5.10 Å². The molecule has 0 unspecified atom stereocenters. The second-order valence-corrected chi connectivity index (χ2v) is 8.08. The molecule has 162 valence electrons. The van der Waals surface area contributed by atoms with Crippen LogP contribution in [0.1, 0.15) is 15.9 Å². The van der Waals surface area contributed by atoms with Gasteiger partial charge in [-0.1, -0.05) is 57.3 Å². The Morgan fingerprint density at radius 1 is 0.875 bits per heavy atom. The Hall–Kier alpha value is -3.20. The zero-order valence-corrected chi connectivity index (χ0v) is 19.3. The Balaban J connectivity index is 1.64. The van der Waals surface area contributed by atoms with Gasteiger partial charge in [0.1, 0.15) is 0 Å². The number of amides is 3. The maximum absolute atomic E-state index is 12.6. The fourth-order valence-corrected chi connectivity index (χ4v) is 3.24. The summed E-state index contributed by atoms with van der Waals surface area (Å²) >= 11 is 15.2. The van der Waals surface area contributed by atoms with E-state index in [-0.39, 0.29) is 11.3 Å². The van der Waals surface area contributed by atoms with Gasteiger partial charge in [-0.2, -0.15) is 5.10 Å². The summed E-state index contributed by atoms with van der Waals surface area (Å²) in [6.07, 6.45) is 1.28. The van der Waals surface area contributed by atoms with E-state index in [4.69, 9.17) is 23.2 Å². The van der Waals surface area contributed by atoms with E-state index in [0.717, 1.165) is 4.47 Å². The maximum atomic E-state index is 12.6. The molecule has 0 aliphatic rings. The van der Waals surface area contributed by atoms with Crippen LogP contribution in [-0.2, 0) is 9.59 Å². The van der Waals surface area contributed by atoms with Gasteiger partial charge in [0.05, 0.1) is 22.5 Å². The predicted molar refractivity (Wildman–Crippen MR) is 129 cm³/mol. The fourth-order valence-electron chi connectivity index (χ4n) is 2.52. The lowest BCUT2D eigenvalue weighted by molar-refractivity contribution is -0.136. The van der Waals surface area contributed by atoms with Crippen LogP contribution in [0.3, 0.4) is 0 Å². The average molecular weight is 534 g/mol. The molecule has 0 saturated carbocycles. The minimum absolute atomic E-state index is 0.173. The summed E-state index contributed by atoms with van der Waals surface area (Å²) in [5.41, 5.74) is 3.55. The van der Waals surface area contributed by atoms with E-state index in [2.05, 4.69) is 37.1 Å². The van der Waals surface area contributed by atoms with Crippen molar-refractivity contribution in [2.75, 3.05) is 10.6 Å². The van der Waals surface area contributed by atoms with Gasteiger partial charge in [-0.05, 0) is 48.5 Å². The van der Waals surface area contributed by atoms with E-state index >= 15 is 0 Å². The Bertz CT molecular complexity index is 1200. The van der Waals surface area contributed by atoms with Crippen molar-refractivity contribution in [3.05, 3.63) is 92.4 Å². The summed E-state index contributed by atoms with van der Waals surface area (Å²) < 4.78 is 0.871. The first kappa shape index (κ1) is 23.5. The van der Waals surface area contributed by atoms with Crippen LogP contribution in [0.2, 0.25) is 10.0 Å². The Kier molecular flexibility index (Phi) is 7.99. The van der Waals surface area contributed by atoms with Crippen LogP contribution in [0.5, 0.6) is 0 Å². The molecule has 3 N–H and O–H groups in total. The van der Waals surface area contributed by atoms with E-state index in [1.165, 1.54) is 24.4 Å².